The van der Waals surface area contributed by atoms with Crippen LogP contribution >= 0.6 is 0 Å². The number of H-pyrrole nitrogens is 1. The molecule has 5 aromatic rings. The van der Waals surface area contributed by atoms with E-state index in [4.69, 9.17) is 29.1 Å². The van der Waals surface area contributed by atoms with Gasteiger partial charge in [-0.1, -0.05) is 5.16 Å². The van der Waals surface area contributed by atoms with Gasteiger partial charge in [-0.3, -0.25) is 0 Å². The van der Waals surface area contributed by atoms with Gasteiger partial charge in [0.15, 0.2) is 0 Å². The SMILES string of the molecule is COC(=O)N1CC(n2nc(C3CC3)cc2Nc2nc(C)nc3[nH]c4cc(-c5c(C)noc5C)c(OC)cc4c23)C1. The normalized spacial score (nSPS) is 15.6. The quantitative estimate of drug-likeness (QED) is 0.299. The molecule has 1 saturated carbocycles. The number of hydrogen-bond acceptors (Lipinski definition) is 9. The molecule has 2 N–H and O–H groups in total. The van der Waals surface area contributed by atoms with Crippen LogP contribution in [-0.2, 0) is 4.74 Å². The van der Waals surface area contributed by atoms with Crippen molar-refractivity contribution in [2.24, 2.45) is 0 Å². The second-order valence-electron chi connectivity index (χ2n) is 10.6. The number of ether oxygens (including phenoxy) is 2. The molecule has 40 heavy (non-hydrogen) atoms. The molecule has 0 bridgehead atoms. The third-order valence-electron chi connectivity index (χ3n) is 7.82. The van der Waals surface area contributed by atoms with E-state index in [-0.39, 0.29) is 12.1 Å². The monoisotopic (exact) mass is 542 g/mol. The van der Waals surface area contributed by atoms with E-state index in [2.05, 4.69) is 21.5 Å². The molecular weight excluding hydrogens is 512 g/mol. The van der Waals surface area contributed by atoms with Crippen LogP contribution in [0.2, 0.25) is 0 Å². The third-order valence-corrected chi connectivity index (χ3v) is 7.82. The molecule has 0 unspecified atom stereocenters. The van der Waals surface area contributed by atoms with E-state index in [1.54, 1.807) is 12.0 Å². The Morgan fingerprint density at radius 3 is 2.60 bits per heavy atom. The van der Waals surface area contributed by atoms with Crippen LogP contribution in [0.4, 0.5) is 16.4 Å². The van der Waals surface area contributed by atoms with E-state index in [9.17, 15) is 4.79 Å². The van der Waals surface area contributed by atoms with Gasteiger partial charge in [0.25, 0.3) is 0 Å². The van der Waals surface area contributed by atoms with Crippen molar-refractivity contribution < 1.29 is 18.8 Å². The van der Waals surface area contributed by atoms with Crippen molar-refractivity contribution in [1.82, 2.24) is 34.8 Å². The van der Waals surface area contributed by atoms with Gasteiger partial charge in [0.05, 0.1) is 42.6 Å². The number of aromatic amines is 1. The number of likely N-dealkylation sites (tertiary alicyclic amines) is 1. The number of carbonyl (C=O) groups excluding carboxylic acids is 1. The van der Waals surface area contributed by atoms with Crippen molar-refractivity contribution in [2.75, 3.05) is 32.6 Å². The lowest BCUT2D eigenvalue weighted by Crippen LogP contribution is -2.51. The van der Waals surface area contributed by atoms with Gasteiger partial charge >= 0.3 is 6.09 Å². The molecule has 2 fully saturated rings. The van der Waals surface area contributed by atoms with E-state index in [1.165, 1.54) is 7.11 Å². The fourth-order valence-electron chi connectivity index (χ4n) is 5.63. The number of rotatable bonds is 6. The molecule has 2 aliphatic rings. The first-order valence-electron chi connectivity index (χ1n) is 13.3. The highest BCUT2D eigenvalue weighted by atomic mass is 16.5. The molecular formula is C28H30N8O4. The number of nitrogens with one attached hydrogen (secondary N) is 2. The van der Waals surface area contributed by atoms with Crippen LogP contribution in [-0.4, -0.2) is 68.2 Å². The molecule has 0 radical (unpaired) electrons. The molecule has 4 aromatic heterocycles. The zero-order chi connectivity index (χ0) is 27.7. The summed E-state index contributed by atoms with van der Waals surface area (Å²) in [6.07, 6.45) is 1.96. The van der Waals surface area contributed by atoms with Crippen LogP contribution in [0.25, 0.3) is 33.1 Å². The number of aryl methyl sites for hydroxylation is 3. The Hall–Kier alpha value is -4.61. The first kappa shape index (κ1) is 24.4. The minimum atomic E-state index is -0.322. The van der Waals surface area contributed by atoms with Crippen LogP contribution in [0.1, 0.15) is 47.8 Å². The number of hydrogen-bond donors (Lipinski definition) is 2. The Morgan fingerprint density at radius 1 is 1.12 bits per heavy atom. The maximum Gasteiger partial charge on any atom is 0.409 e. The summed E-state index contributed by atoms with van der Waals surface area (Å²) in [5.41, 5.74) is 5.28. The first-order valence-corrected chi connectivity index (χ1v) is 13.3. The van der Waals surface area contributed by atoms with Crippen molar-refractivity contribution in [3.05, 3.63) is 41.2 Å². The summed E-state index contributed by atoms with van der Waals surface area (Å²) < 4.78 is 18.1. The van der Waals surface area contributed by atoms with E-state index >= 15 is 0 Å². The summed E-state index contributed by atoms with van der Waals surface area (Å²) in [5, 5.41) is 14.4. The van der Waals surface area contributed by atoms with Gasteiger partial charge in [0.2, 0.25) is 0 Å². The zero-order valence-electron chi connectivity index (χ0n) is 23.0. The smallest absolute Gasteiger partial charge is 0.409 e. The van der Waals surface area contributed by atoms with Gasteiger partial charge in [0.1, 0.15) is 34.6 Å². The highest BCUT2D eigenvalue weighted by Crippen LogP contribution is 2.43. The predicted octanol–water partition coefficient (Wildman–Crippen LogP) is 5.14. The summed E-state index contributed by atoms with van der Waals surface area (Å²) in [4.78, 5) is 26.6. The minimum absolute atomic E-state index is 0.0493. The van der Waals surface area contributed by atoms with Crippen molar-refractivity contribution in [3.63, 3.8) is 0 Å². The van der Waals surface area contributed by atoms with E-state index in [0.717, 1.165) is 68.9 Å². The summed E-state index contributed by atoms with van der Waals surface area (Å²) in [6.45, 7) is 6.77. The van der Waals surface area contributed by atoms with E-state index in [0.29, 0.717) is 36.4 Å². The van der Waals surface area contributed by atoms with Gasteiger partial charge in [-0.15, -0.1) is 0 Å². The molecule has 5 heterocycles. The van der Waals surface area contributed by atoms with E-state index < -0.39 is 0 Å². The summed E-state index contributed by atoms with van der Waals surface area (Å²) in [7, 11) is 3.06. The third kappa shape index (κ3) is 3.85. The van der Waals surface area contributed by atoms with Crippen LogP contribution in [0, 0.1) is 20.8 Å². The van der Waals surface area contributed by atoms with Crippen molar-refractivity contribution in [1.29, 1.82) is 0 Å². The van der Waals surface area contributed by atoms with Gasteiger partial charge < -0.3 is 29.2 Å². The number of anilines is 2. The van der Waals surface area contributed by atoms with Crippen molar-refractivity contribution in [2.45, 2.75) is 45.6 Å². The molecule has 12 heteroatoms. The number of fused-ring (bicyclic) bond motifs is 3. The number of carbonyl (C=O) groups is 1. The Labute approximate surface area is 229 Å². The van der Waals surface area contributed by atoms with Gasteiger partial charge in [-0.25, -0.2) is 19.4 Å². The number of aromatic nitrogens is 6. The first-order chi connectivity index (χ1) is 19.3. The Kier molecular flexibility index (Phi) is 5.48. The molecule has 1 aliphatic carbocycles. The van der Waals surface area contributed by atoms with Crippen LogP contribution < -0.4 is 10.1 Å². The Bertz CT molecular complexity index is 1770. The zero-order valence-corrected chi connectivity index (χ0v) is 23.0. The highest BCUT2D eigenvalue weighted by molar-refractivity contribution is 6.13. The van der Waals surface area contributed by atoms with Crippen LogP contribution in [0.15, 0.2) is 22.7 Å². The van der Waals surface area contributed by atoms with Crippen molar-refractivity contribution in [3.8, 4) is 16.9 Å². The minimum Gasteiger partial charge on any atom is -0.496 e. The van der Waals surface area contributed by atoms with E-state index in [1.807, 2.05) is 37.6 Å². The lowest BCUT2D eigenvalue weighted by Gasteiger charge is -2.38. The van der Waals surface area contributed by atoms with Crippen LogP contribution in [0.5, 0.6) is 5.75 Å². The molecule has 206 valence electrons. The second-order valence-corrected chi connectivity index (χ2v) is 10.6. The maximum atomic E-state index is 12.0. The topological polar surface area (TPSA) is 136 Å². The number of nitrogens with zero attached hydrogens (tertiary/aromatic N) is 6. The fraction of sp³-hybridized carbons (Fsp3) is 0.393. The number of amides is 1. The Balaban J connectivity index is 1.33. The molecule has 1 aliphatic heterocycles. The summed E-state index contributed by atoms with van der Waals surface area (Å²) in [6, 6.07) is 6.21. The maximum absolute atomic E-state index is 12.0. The van der Waals surface area contributed by atoms with Crippen molar-refractivity contribution >= 4 is 39.7 Å². The number of methoxy groups -OCH3 is 2. The average Bonchev–Trinajstić information content (AvgIpc) is 3.47. The molecule has 0 spiro atoms. The summed E-state index contributed by atoms with van der Waals surface area (Å²) in [5.74, 6) is 4.05. The summed E-state index contributed by atoms with van der Waals surface area (Å²) >= 11 is 0. The molecule has 7 rings (SSSR count). The van der Waals surface area contributed by atoms with Crippen LogP contribution in [0.3, 0.4) is 0 Å². The van der Waals surface area contributed by atoms with Gasteiger partial charge in [-0.05, 0) is 45.7 Å². The Morgan fingerprint density at radius 2 is 1.93 bits per heavy atom. The average molecular weight is 543 g/mol. The van der Waals surface area contributed by atoms with Gasteiger partial charge in [0, 0.05) is 41.5 Å². The molecule has 12 nitrogen and oxygen atoms in total. The molecule has 1 amide bonds. The molecule has 1 saturated heterocycles. The highest BCUT2D eigenvalue weighted by Gasteiger charge is 2.36. The lowest BCUT2D eigenvalue weighted by atomic mass is 10.0. The molecule has 0 atom stereocenters. The second kappa shape index (κ2) is 8.97. The standard InChI is InChI=1S/C28H30N8O4/c1-13-24(14(2)40-34-13)19-8-21-18(9-22(19)38-4)25-26(31-21)29-15(3)30-27(25)32-23-10-20(16-6-7-16)33-36(23)17-11-35(12-17)28(37)39-5/h8-10,16-17H,6-7,11-12H2,1-5H3,(H2,29,30,31,32). The predicted molar refractivity (Wildman–Crippen MR) is 148 cm³/mol. The largest absolute Gasteiger partial charge is 0.496 e. The number of benzene rings is 1. The lowest BCUT2D eigenvalue weighted by molar-refractivity contribution is 0.0680. The van der Waals surface area contributed by atoms with Gasteiger partial charge in [-0.2, -0.15) is 5.10 Å². The molecule has 1 aromatic carbocycles. The fourth-order valence-corrected chi connectivity index (χ4v) is 5.63.